The van der Waals surface area contributed by atoms with Crippen LogP contribution in [0.4, 0.5) is 0 Å². The van der Waals surface area contributed by atoms with Crippen LogP contribution >= 0.6 is 0 Å². The lowest BCUT2D eigenvalue weighted by Crippen LogP contribution is -2.39. The van der Waals surface area contributed by atoms with E-state index >= 15 is 0 Å². The summed E-state index contributed by atoms with van der Waals surface area (Å²) in [6, 6.07) is 13.1. The van der Waals surface area contributed by atoms with Crippen molar-refractivity contribution in [3.63, 3.8) is 0 Å². The first-order valence-corrected chi connectivity index (χ1v) is 11.7. The number of sulfonamides is 2. The van der Waals surface area contributed by atoms with Crippen molar-refractivity contribution in [2.75, 3.05) is 19.6 Å². The molecule has 0 radical (unpaired) electrons. The van der Waals surface area contributed by atoms with E-state index < -0.39 is 20.0 Å². The van der Waals surface area contributed by atoms with E-state index in [0.717, 1.165) is 11.1 Å². The zero-order valence-corrected chi connectivity index (χ0v) is 17.5. The highest BCUT2D eigenvalue weighted by atomic mass is 32.2. The molecular weight excluding hydrogens is 384 g/mol. The molecule has 8 heteroatoms. The maximum atomic E-state index is 12.8. The van der Waals surface area contributed by atoms with Gasteiger partial charge in [-0.15, -0.1) is 0 Å². The highest BCUT2D eigenvalue weighted by Crippen LogP contribution is 2.17. The van der Waals surface area contributed by atoms with Crippen molar-refractivity contribution < 1.29 is 16.8 Å². The molecular formula is C19H26N2O4S2. The highest BCUT2D eigenvalue weighted by molar-refractivity contribution is 7.89. The summed E-state index contributed by atoms with van der Waals surface area (Å²) < 4.78 is 54.2. The molecule has 27 heavy (non-hydrogen) atoms. The largest absolute Gasteiger partial charge is 0.243 e. The Bertz CT molecular complexity index is 952. The van der Waals surface area contributed by atoms with Crippen molar-refractivity contribution >= 4 is 20.0 Å². The molecule has 148 valence electrons. The summed E-state index contributed by atoms with van der Waals surface area (Å²) in [6.45, 7) is 6.04. The Balaban J connectivity index is 2.10. The fourth-order valence-electron chi connectivity index (χ4n) is 2.57. The van der Waals surface area contributed by atoms with Crippen molar-refractivity contribution in [1.29, 1.82) is 0 Å². The smallest absolute Gasteiger partial charge is 0.210 e. The lowest BCUT2D eigenvalue weighted by Gasteiger charge is -2.22. The quantitative estimate of drug-likeness (QED) is 0.689. The Kier molecular flexibility index (Phi) is 7.16. The summed E-state index contributed by atoms with van der Waals surface area (Å²) in [7, 11) is -7.34. The van der Waals surface area contributed by atoms with Crippen LogP contribution in [0.15, 0.2) is 58.3 Å². The SMILES string of the molecule is CCCN(CCNS(=O)(=O)c1ccc(C)cc1)S(=O)(=O)c1ccc(C)cc1. The maximum absolute atomic E-state index is 12.8. The van der Waals surface area contributed by atoms with Crippen LogP contribution < -0.4 is 4.72 Å². The number of rotatable bonds is 9. The van der Waals surface area contributed by atoms with Gasteiger partial charge in [0.1, 0.15) is 0 Å². The molecule has 0 aliphatic heterocycles. The molecule has 0 amide bonds. The molecule has 0 heterocycles. The van der Waals surface area contributed by atoms with E-state index in [1.165, 1.54) is 16.4 Å². The van der Waals surface area contributed by atoms with Gasteiger partial charge in [0.05, 0.1) is 9.79 Å². The average molecular weight is 411 g/mol. The Morgan fingerprint density at radius 2 is 1.26 bits per heavy atom. The molecule has 2 aromatic carbocycles. The van der Waals surface area contributed by atoms with E-state index in [0.29, 0.717) is 13.0 Å². The lowest BCUT2D eigenvalue weighted by molar-refractivity contribution is 0.412. The monoisotopic (exact) mass is 410 g/mol. The van der Waals surface area contributed by atoms with E-state index in [9.17, 15) is 16.8 Å². The van der Waals surface area contributed by atoms with Crippen LogP contribution in [0, 0.1) is 13.8 Å². The molecule has 0 aliphatic rings. The van der Waals surface area contributed by atoms with Gasteiger partial charge in [-0.1, -0.05) is 42.3 Å². The predicted octanol–water partition coefficient (Wildman–Crippen LogP) is 2.68. The molecule has 0 saturated heterocycles. The number of benzene rings is 2. The van der Waals surface area contributed by atoms with E-state index in [1.807, 2.05) is 20.8 Å². The summed E-state index contributed by atoms with van der Waals surface area (Å²) in [6.07, 6.45) is 0.635. The Morgan fingerprint density at radius 3 is 1.74 bits per heavy atom. The molecule has 2 aromatic rings. The summed E-state index contributed by atoms with van der Waals surface area (Å²) in [5, 5.41) is 0. The van der Waals surface area contributed by atoms with Crippen LogP contribution in [0.25, 0.3) is 0 Å². The third kappa shape index (κ3) is 5.62. The standard InChI is InChI=1S/C19H26N2O4S2/c1-4-14-21(27(24,25)19-11-7-17(3)8-12-19)15-13-20-26(22,23)18-9-5-16(2)6-10-18/h5-12,20H,4,13-15H2,1-3H3. The summed E-state index contributed by atoms with van der Waals surface area (Å²) >= 11 is 0. The van der Waals surface area contributed by atoms with Crippen LogP contribution in [0.3, 0.4) is 0 Å². The molecule has 1 N–H and O–H groups in total. The van der Waals surface area contributed by atoms with E-state index in [-0.39, 0.29) is 22.9 Å². The van der Waals surface area contributed by atoms with Gasteiger partial charge in [-0.2, -0.15) is 4.31 Å². The Labute approximate surface area is 162 Å². The fourth-order valence-corrected chi connectivity index (χ4v) is 5.12. The third-order valence-corrected chi connectivity index (χ3v) is 7.51. The molecule has 0 aromatic heterocycles. The summed E-state index contributed by atoms with van der Waals surface area (Å²) in [4.78, 5) is 0.375. The van der Waals surface area contributed by atoms with Gasteiger partial charge >= 0.3 is 0 Å². The number of hydrogen-bond donors (Lipinski definition) is 1. The first-order valence-electron chi connectivity index (χ1n) is 8.80. The van der Waals surface area contributed by atoms with Gasteiger partial charge < -0.3 is 0 Å². The fraction of sp³-hybridized carbons (Fsp3) is 0.368. The number of hydrogen-bond acceptors (Lipinski definition) is 4. The van der Waals surface area contributed by atoms with Gasteiger partial charge in [0, 0.05) is 19.6 Å². The molecule has 0 unspecified atom stereocenters. The van der Waals surface area contributed by atoms with Crippen molar-refractivity contribution in [1.82, 2.24) is 9.03 Å². The van der Waals surface area contributed by atoms with Crippen LogP contribution in [0.2, 0.25) is 0 Å². The molecule has 0 atom stereocenters. The Hall–Kier alpha value is -1.74. The second-order valence-corrected chi connectivity index (χ2v) is 10.1. The van der Waals surface area contributed by atoms with Crippen molar-refractivity contribution in [3.05, 3.63) is 59.7 Å². The molecule has 0 spiro atoms. The second kappa shape index (κ2) is 8.97. The topological polar surface area (TPSA) is 83.6 Å². The molecule has 0 fully saturated rings. The van der Waals surface area contributed by atoms with Gasteiger partial charge in [0.25, 0.3) is 0 Å². The van der Waals surface area contributed by atoms with Crippen molar-refractivity contribution in [3.8, 4) is 0 Å². The van der Waals surface area contributed by atoms with Gasteiger partial charge in [-0.3, -0.25) is 0 Å². The van der Waals surface area contributed by atoms with Gasteiger partial charge in [-0.25, -0.2) is 21.6 Å². The zero-order valence-electron chi connectivity index (χ0n) is 15.8. The van der Waals surface area contributed by atoms with Crippen molar-refractivity contribution in [2.45, 2.75) is 37.0 Å². The number of aryl methyl sites for hydroxylation is 2. The van der Waals surface area contributed by atoms with Crippen LogP contribution in [0.5, 0.6) is 0 Å². The minimum absolute atomic E-state index is 0.00129. The summed E-state index contributed by atoms with van der Waals surface area (Å²) in [5.41, 5.74) is 1.94. The van der Waals surface area contributed by atoms with Crippen molar-refractivity contribution in [2.24, 2.45) is 0 Å². The van der Waals surface area contributed by atoms with Crippen LogP contribution in [-0.4, -0.2) is 40.8 Å². The Morgan fingerprint density at radius 1 is 0.778 bits per heavy atom. The third-order valence-electron chi connectivity index (χ3n) is 4.12. The minimum Gasteiger partial charge on any atom is -0.210 e. The molecule has 0 saturated carbocycles. The van der Waals surface area contributed by atoms with E-state index in [4.69, 9.17) is 0 Å². The second-order valence-electron chi connectivity index (χ2n) is 6.43. The zero-order chi connectivity index (χ0) is 20.1. The molecule has 0 bridgehead atoms. The van der Waals surface area contributed by atoms with Crippen LogP contribution in [-0.2, 0) is 20.0 Å². The first-order chi connectivity index (χ1) is 12.7. The lowest BCUT2D eigenvalue weighted by atomic mass is 10.2. The highest BCUT2D eigenvalue weighted by Gasteiger charge is 2.24. The van der Waals surface area contributed by atoms with Gasteiger partial charge in [0.2, 0.25) is 20.0 Å². The molecule has 0 aliphatic carbocycles. The average Bonchev–Trinajstić information content (AvgIpc) is 2.61. The normalized spacial score (nSPS) is 12.4. The minimum atomic E-state index is -3.67. The van der Waals surface area contributed by atoms with Gasteiger partial charge in [-0.05, 0) is 44.5 Å². The predicted molar refractivity (Wildman–Crippen MR) is 107 cm³/mol. The molecule has 6 nitrogen and oxygen atoms in total. The van der Waals surface area contributed by atoms with E-state index in [2.05, 4.69) is 4.72 Å². The summed E-state index contributed by atoms with van der Waals surface area (Å²) in [5.74, 6) is 0. The van der Waals surface area contributed by atoms with Crippen LogP contribution in [0.1, 0.15) is 24.5 Å². The first kappa shape index (κ1) is 21.6. The van der Waals surface area contributed by atoms with Gasteiger partial charge in [0.15, 0.2) is 0 Å². The molecule has 2 rings (SSSR count). The van der Waals surface area contributed by atoms with E-state index in [1.54, 1.807) is 36.4 Å². The number of nitrogens with one attached hydrogen (secondary N) is 1. The number of nitrogens with zero attached hydrogens (tertiary/aromatic N) is 1. The maximum Gasteiger partial charge on any atom is 0.243 e.